The number of hydrogen-bond acceptors (Lipinski definition) is 2. The largest absolute Gasteiger partial charge is 0.296 e. The molecule has 2 nitrogen and oxygen atoms in total. The lowest BCUT2D eigenvalue weighted by Gasteiger charge is -1.89. The van der Waals surface area contributed by atoms with Crippen LogP contribution in [0, 0.1) is 0 Å². The van der Waals surface area contributed by atoms with E-state index in [1.54, 1.807) is 6.07 Å². The van der Waals surface area contributed by atoms with Crippen molar-refractivity contribution in [1.82, 2.24) is 4.98 Å². The second-order valence-corrected chi connectivity index (χ2v) is 1.63. The molecule has 0 N–H and O–H groups in total. The van der Waals surface area contributed by atoms with E-state index in [9.17, 15) is 4.79 Å². The highest BCUT2D eigenvalue weighted by molar-refractivity contribution is 6.32. The Morgan fingerprint density at radius 1 is 1.67 bits per heavy atom. The van der Waals surface area contributed by atoms with E-state index in [1.165, 1.54) is 12.3 Å². The summed E-state index contributed by atoms with van der Waals surface area (Å²) in [5.41, 5.74) is 0.933. The third-order valence-electron chi connectivity index (χ3n) is 0.926. The molecule has 0 spiro atoms. The predicted molar refractivity (Wildman–Crippen MR) is 35.0 cm³/mol. The highest BCUT2D eigenvalue weighted by Crippen LogP contribution is 1.82. The summed E-state index contributed by atoms with van der Waals surface area (Å²) in [4.78, 5) is 13.8. The molecule has 1 aromatic rings. The number of pyridine rings is 1. The van der Waals surface area contributed by atoms with E-state index in [-0.39, 0.29) is 0 Å². The molecule has 0 aliphatic heterocycles. The van der Waals surface area contributed by atoms with Gasteiger partial charge in [-0.05, 0) is 6.07 Å². The quantitative estimate of drug-likeness (QED) is 0.373. The van der Waals surface area contributed by atoms with Crippen LogP contribution in [0.15, 0.2) is 18.3 Å². The molecule has 0 unspecified atom stereocenters. The van der Waals surface area contributed by atoms with Crippen molar-refractivity contribution in [3.63, 3.8) is 0 Å². The SMILES string of the molecule is [B]c1ccnc(C=O)c1. The minimum absolute atomic E-state index is 0.370. The van der Waals surface area contributed by atoms with Crippen LogP contribution in [0.3, 0.4) is 0 Å². The zero-order valence-corrected chi connectivity index (χ0v) is 4.74. The molecule has 1 heterocycles. The number of carbonyl (C=O) groups is 1. The maximum absolute atomic E-state index is 10.0. The number of aldehydes is 1. The summed E-state index contributed by atoms with van der Waals surface area (Å²) in [7, 11) is 5.34. The van der Waals surface area contributed by atoms with Crippen LogP contribution in [0.25, 0.3) is 0 Å². The van der Waals surface area contributed by atoms with E-state index >= 15 is 0 Å². The molecular weight excluding hydrogens is 113 g/mol. The van der Waals surface area contributed by atoms with E-state index in [0.29, 0.717) is 17.4 Å². The lowest BCUT2D eigenvalue weighted by molar-refractivity contribution is 0.111. The number of carbonyl (C=O) groups excluding carboxylic acids is 1. The summed E-state index contributed by atoms with van der Waals surface area (Å²) in [5.74, 6) is 0. The van der Waals surface area contributed by atoms with Crippen LogP contribution < -0.4 is 5.46 Å². The topological polar surface area (TPSA) is 30.0 Å². The molecular formula is C6H4BNO. The fourth-order valence-corrected chi connectivity index (χ4v) is 0.530. The molecule has 2 radical (unpaired) electrons. The van der Waals surface area contributed by atoms with Gasteiger partial charge in [0.05, 0.1) is 0 Å². The average molecular weight is 117 g/mol. The fraction of sp³-hybridized carbons (Fsp3) is 0. The number of rotatable bonds is 1. The minimum Gasteiger partial charge on any atom is -0.296 e. The lowest BCUT2D eigenvalue weighted by Crippen LogP contribution is -2.03. The summed E-state index contributed by atoms with van der Waals surface area (Å²) >= 11 is 0. The summed E-state index contributed by atoms with van der Waals surface area (Å²) in [5, 5.41) is 0. The Kier molecular flexibility index (Phi) is 1.63. The van der Waals surface area contributed by atoms with Gasteiger partial charge in [0.2, 0.25) is 0 Å². The van der Waals surface area contributed by atoms with Gasteiger partial charge < -0.3 is 0 Å². The van der Waals surface area contributed by atoms with Gasteiger partial charge in [-0.2, -0.15) is 0 Å². The summed E-state index contributed by atoms with van der Waals surface area (Å²) in [6.45, 7) is 0. The Hall–Kier alpha value is -1.12. The molecule has 0 bridgehead atoms. The van der Waals surface area contributed by atoms with Crippen molar-refractivity contribution in [3.05, 3.63) is 24.0 Å². The number of aromatic nitrogens is 1. The first-order valence-corrected chi connectivity index (χ1v) is 2.49. The fourth-order valence-electron chi connectivity index (χ4n) is 0.530. The molecule has 3 heteroatoms. The summed E-state index contributed by atoms with van der Waals surface area (Å²) < 4.78 is 0. The van der Waals surface area contributed by atoms with Gasteiger partial charge in [-0.15, -0.1) is 0 Å². The highest BCUT2D eigenvalue weighted by Gasteiger charge is 1.87. The van der Waals surface area contributed by atoms with Crippen molar-refractivity contribution in [2.24, 2.45) is 0 Å². The standard InChI is InChI=1S/C6H4BNO/c7-5-1-2-8-6(3-5)4-9/h1-4H. The van der Waals surface area contributed by atoms with Gasteiger partial charge >= 0.3 is 0 Å². The van der Waals surface area contributed by atoms with Gasteiger partial charge in [-0.3, -0.25) is 9.78 Å². The summed E-state index contributed by atoms with van der Waals surface area (Å²) in [6.07, 6.45) is 2.16. The Bertz CT molecular complexity index is 224. The molecule has 0 aliphatic rings. The van der Waals surface area contributed by atoms with Gasteiger partial charge in [0.25, 0.3) is 0 Å². The summed E-state index contributed by atoms with van der Waals surface area (Å²) in [6, 6.07) is 3.15. The van der Waals surface area contributed by atoms with Crippen LogP contribution in [0.5, 0.6) is 0 Å². The van der Waals surface area contributed by atoms with Gasteiger partial charge in [0.1, 0.15) is 13.5 Å². The number of hydrogen-bond donors (Lipinski definition) is 0. The van der Waals surface area contributed by atoms with Crippen molar-refractivity contribution in [2.45, 2.75) is 0 Å². The first kappa shape index (κ1) is 6.01. The van der Waals surface area contributed by atoms with E-state index in [0.717, 1.165) is 0 Å². The molecule has 1 rings (SSSR count). The van der Waals surface area contributed by atoms with Crippen molar-refractivity contribution >= 4 is 19.6 Å². The zero-order chi connectivity index (χ0) is 6.69. The zero-order valence-electron chi connectivity index (χ0n) is 4.74. The van der Waals surface area contributed by atoms with E-state index in [4.69, 9.17) is 7.85 Å². The third kappa shape index (κ3) is 1.39. The van der Waals surface area contributed by atoms with E-state index in [1.807, 2.05) is 0 Å². The first-order chi connectivity index (χ1) is 4.33. The van der Waals surface area contributed by atoms with E-state index in [2.05, 4.69) is 4.98 Å². The minimum atomic E-state index is 0.370. The van der Waals surface area contributed by atoms with Crippen molar-refractivity contribution < 1.29 is 4.79 Å². The Labute approximate surface area is 54.3 Å². The second kappa shape index (κ2) is 2.44. The molecule has 0 atom stereocenters. The van der Waals surface area contributed by atoms with Crippen LogP contribution in [-0.4, -0.2) is 19.1 Å². The van der Waals surface area contributed by atoms with Gasteiger partial charge in [0, 0.05) is 6.20 Å². The van der Waals surface area contributed by atoms with Crippen molar-refractivity contribution in [1.29, 1.82) is 0 Å². The Morgan fingerprint density at radius 3 is 2.89 bits per heavy atom. The lowest BCUT2D eigenvalue weighted by atomic mass is 9.97. The highest BCUT2D eigenvalue weighted by atomic mass is 16.1. The molecule has 42 valence electrons. The van der Waals surface area contributed by atoms with Gasteiger partial charge in [0.15, 0.2) is 6.29 Å². The molecule has 0 aliphatic carbocycles. The van der Waals surface area contributed by atoms with Crippen molar-refractivity contribution in [2.75, 3.05) is 0 Å². The first-order valence-electron chi connectivity index (χ1n) is 2.49. The van der Waals surface area contributed by atoms with Crippen LogP contribution in [0.2, 0.25) is 0 Å². The smallest absolute Gasteiger partial charge is 0.168 e. The Balaban J connectivity index is 3.07. The van der Waals surface area contributed by atoms with Crippen LogP contribution in [0.1, 0.15) is 10.5 Å². The van der Waals surface area contributed by atoms with Crippen LogP contribution >= 0.6 is 0 Å². The molecule has 1 aromatic heterocycles. The molecule has 0 aromatic carbocycles. The molecule has 0 fully saturated rings. The van der Waals surface area contributed by atoms with Crippen LogP contribution in [0.4, 0.5) is 0 Å². The van der Waals surface area contributed by atoms with Gasteiger partial charge in [-0.25, -0.2) is 0 Å². The maximum atomic E-state index is 10.0. The van der Waals surface area contributed by atoms with Crippen molar-refractivity contribution in [3.8, 4) is 0 Å². The molecule has 9 heavy (non-hydrogen) atoms. The average Bonchev–Trinajstić information content (AvgIpc) is 1.88. The normalized spacial score (nSPS) is 8.89. The van der Waals surface area contributed by atoms with Gasteiger partial charge in [-0.1, -0.05) is 11.5 Å². The maximum Gasteiger partial charge on any atom is 0.168 e. The Morgan fingerprint density at radius 2 is 2.44 bits per heavy atom. The molecule has 0 saturated heterocycles. The third-order valence-corrected chi connectivity index (χ3v) is 0.926. The monoisotopic (exact) mass is 117 g/mol. The van der Waals surface area contributed by atoms with E-state index < -0.39 is 0 Å². The van der Waals surface area contributed by atoms with Crippen LogP contribution in [-0.2, 0) is 0 Å². The molecule has 0 amide bonds. The second-order valence-electron chi connectivity index (χ2n) is 1.63. The predicted octanol–water partition coefficient (Wildman–Crippen LogP) is -0.312. The number of nitrogens with zero attached hydrogens (tertiary/aromatic N) is 1. The molecule has 0 saturated carbocycles.